The molecule has 3 rings (SSSR count). The maximum Gasteiger partial charge on any atom is 0.224 e. The summed E-state index contributed by atoms with van der Waals surface area (Å²) < 4.78 is 19.4. The van der Waals surface area contributed by atoms with Gasteiger partial charge >= 0.3 is 0 Å². The van der Waals surface area contributed by atoms with E-state index in [4.69, 9.17) is 27.9 Å². The zero-order valence-electron chi connectivity index (χ0n) is 12.7. The summed E-state index contributed by atoms with van der Waals surface area (Å²) in [5.74, 6) is -0.434. The summed E-state index contributed by atoms with van der Waals surface area (Å²) in [5.41, 5.74) is 0.532. The number of hydrogen-bond donors (Lipinski definition) is 1. The third-order valence-electron chi connectivity index (χ3n) is 4.39. The van der Waals surface area contributed by atoms with Crippen molar-refractivity contribution in [2.75, 3.05) is 26.2 Å². The fraction of sp³-hybridized carbons (Fsp3) is 0.562. The SMILES string of the molecule is O=C(CC1CCCN1)N1CCOC(c2cc(F)c(Cl)cc2Cl)C1. The Kier molecular flexibility index (Phi) is 5.42. The van der Waals surface area contributed by atoms with Gasteiger partial charge in [-0.2, -0.15) is 0 Å². The number of halogens is 3. The molecule has 0 aromatic heterocycles. The normalized spacial score (nSPS) is 24.9. The van der Waals surface area contributed by atoms with Gasteiger partial charge in [0.05, 0.1) is 18.2 Å². The van der Waals surface area contributed by atoms with Gasteiger partial charge in [-0.15, -0.1) is 0 Å². The Bertz CT molecular complexity index is 594. The van der Waals surface area contributed by atoms with Crippen LogP contribution in [0.3, 0.4) is 0 Å². The first-order valence-corrected chi connectivity index (χ1v) is 8.57. The summed E-state index contributed by atoms with van der Waals surface area (Å²) in [6.45, 7) is 2.32. The number of carbonyl (C=O) groups excluding carboxylic acids is 1. The highest BCUT2D eigenvalue weighted by atomic mass is 35.5. The van der Waals surface area contributed by atoms with Gasteiger partial charge in [0.25, 0.3) is 0 Å². The molecular formula is C16H19Cl2FN2O2. The molecule has 0 aliphatic carbocycles. The minimum Gasteiger partial charge on any atom is -0.370 e. The smallest absolute Gasteiger partial charge is 0.224 e. The third kappa shape index (κ3) is 3.97. The Hall–Kier alpha value is -0.880. The van der Waals surface area contributed by atoms with Crippen LogP contribution in [0.15, 0.2) is 12.1 Å². The molecule has 126 valence electrons. The summed E-state index contributed by atoms with van der Waals surface area (Å²) in [4.78, 5) is 14.2. The van der Waals surface area contributed by atoms with Crippen LogP contribution in [0.5, 0.6) is 0 Å². The number of ether oxygens (including phenoxy) is 1. The second kappa shape index (κ2) is 7.34. The molecule has 2 aliphatic rings. The lowest BCUT2D eigenvalue weighted by Gasteiger charge is -2.34. The summed E-state index contributed by atoms with van der Waals surface area (Å²) in [6, 6.07) is 2.93. The van der Waals surface area contributed by atoms with Crippen molar-refractivity contribution in [3.05, 3.63) is 33.6 Å². The fourth-order valence-electron chi connectivity index (χ4n) is 3.12. The molecule has 0 spiro atoms. The highest BCUT2D eigenvalue weighted by molar-refractivity contribution is 6.35. The average Bonchev–Trinajstić information content (AvgIpc) is 3.04. The predicted molar refractivity (Wildman–Crippen MR) is 87.3 cm³/mol. The van der Waals surface area contributed by atoms with E-state index in [9.17, 15) is 9.18 Å². The minimum atomic E-state index is -0.534. The van der Waals surface area contributed by atoms with Crippen molar-refractivity contribution >= 4 is 29.1 Å². The van der Waals surface area contributed by atoms with Crippen LogP contribution in [0, 0.1) is 5.82 Å². The predicted octanol–water partition coefficient (Wildman–Crippen LogP) is 3.17. The number of hydrogen-bond acceptors (Lipinski definition) is 3. The van der Waals surface area contributed by atoms with Crippen molar-refractivity contribution in [3.8, 4) is 0 Å². The summed E-state index contributed by atoms with van der Waals surface area (Å²) in [6.07, 6.45) is 2.22. The van der Waals surface area contributed by atoms with E-state index in [2.05, 4.69) is 5.32 Å². The number of nitrogens with one attached hydrogen (secondary N) is 1. The Morgan fingerprint density at radius 3 is 2.96 bits per heavy atom. The first-order valence-electron chi connectivity index (χ1n) is 7.82. The quantitative estimate of drug-likeness (QED) is 0.841. The van der Waals surface area contributed by atoms with E-state index >= 15 is 0 Å². The molecule has 0 saturated carbocycles. The van der Waals surface area contributed by atoms with Crippen LogP contribution in [0.4, 0.5) is 4.39 Å². The number of nitrogens with zero attached hydrogens (tertiary/aromatic N) is 1. The van der Waals surface area contributed by atoms with Crippen molar-refractivity contribution in [1.82, 2.24) is 10.2 Å². The Morgan fingerprint density at radius 1 is 1.39 bits per heavy atom. The minimum absolute atomic E-state index is 0.0187. The fourth-order valence-corrected chi connectivity index (χ4v) is 3.62. The van der Waals surface area contributed by atoms with Crippen molar-refractivity contribution in [1.29, 1.82) is 0 Å². The number of carbonyl (C=O) groups is 1. The maximum absolute atomic E-state index is 13.7. The van der Waals surface area contributed by atoms with E-state index in [0.29, 0.717) is 36.7 Å². The van der Waals surface area contributed by atoms with E-state index in [-0.39, 0.29) is 17.0 Å². The Labute approximate surface area is 144 Å². The molecule has 7 heteroatoms. The number of benzene rings is 1. The topological polar surface area (TPSA) is 41.6 Å². The molecule has 1 aromatic rings. The molecule has 23 heavy (non-hydrogen) atoms. The van der Waals surface area contributed by atoms with Crippen molar-refractivity contribution in [2.45, 2.75) is 31.4 Å². The van der Waals surface area contributed by atoms with Crippen molar-refractivity contribution in [2.24, 2.45) is 0 Å². The zero-order chi connectivity index (χ0) is 16.4. The van der Waals surface area contributed by atoms with E-state index < -0.39 is 11.9 Å². The Balaban J connectivity index is 1.68. The van der Waals surface area contributed by atoms with Crippen LogP contribution in [-0.4, -0.2) is 43.1 Å². The van der Waals surface area contributed by atoms with Crippen LogP contribution in [0.25, 0.3) is 0 Å². The van der Waals surface area contributed by atoms with Gasteiger partial charge in [0.1, 0.15) is 11.9 Å². The molecule has 2 heterocycles. The molecule has 2 unspecified atom stereocenters. The van der Waals surface area contributed by atoms with Gasteiger partial charge in [0.2, 0.25) is 5.91 Å². The lowest BCUT2D eigenvalue weighted by molar-refractivity contribution is -0.139. The number of morpholine rings is 1. The van der Waals surface area contributed by atoms with Crippen molar-refractivity contribution in [3.63, 3.8) is 0 Å². The number of amides is 1. The van der Waals surface area contributed by atoms with Crippen LogP contribution in [0.2, 0.25) is 10.0 Å². The average molecular weight is 361 g/mol. The molecule has 2 atom stereocenters. The summed E-state index contributed by atoms with van der Waals surface area (Å²) in [7, 11) is 0. The highest BCUT2D eigenvalue weighted by Crippen LogP contribution is 2.32. The third-order valence-corrected chi connectivity index (χ3v) is 5.01. The summed E-state index contributed by atoms with van der Waals surface area (Å²) >= 11 is 11.9. The van der Waals surface area contributed by atoms with Gasteiger partial charge in [0, 0.05) is 29.6 Å². The molecule has 1 amide bonds. The molecule has 2 aliphatic heterocycles. The van der Waals surface area contributed by atoms with E-state index in [1.54, 1.807) is 4.90 Å². The number of rotatable bonds is 3. The van der Waals surface area contributed by atoms with E-state index in [1.165, 1.54) is 12.1 Å². The van der Waals surface area contributed by atoms with Crippen LogP contribution >= 0.6 is 23.2 Å². The van der Waals surface area contributed by atoms with Gasteiger partial charge in [-0.3, -0.25) is 4.79 Å². The van der Waals surface area contributed by atoms with Gasteiger partial charge in [-0.05, 0) is 31.5 Å². The Morgan fingerprint density at radius 2 is 2.22 bits per heavy atom. The van der Waals surface area contributed by atoms with E-state index in [0.717, 1.165) is 19.4 Å². The van der Waals surface area contributed by atoms with Gasteiger partial charge in [-0.25, -0.2) is 4.39 Å². The monoisotopic (exact) mass is 360 g/mol. The molecule has 0 radical (unpaired) electrons. The lowest BCUT2D eigenvalue weighted by Crippen LogP contribution is -2.44. The second-order valence-corrected chi connectivity index (χ2v) is 6.80. The summed E-state index contributed by atoms with van der Waals surface area (Å²) in [5, 5.41) is 3.66. The van der Waals surface area contributed by atoms with Crippen molar-refractivity contribution < 1.29 is 13.9 Å². The first-order chi connectivity index (χ1) is 11.0. The highest BCUT2D eigenvalue weighted by Gasteiger charge is 2.29. The molecular weight excluding hydrogens is 342 g/mol. The van der Waals surface area contributed by atoms with Gasteiger partial charge in [0.15, 0.2) is 0 Å². The van der Waals surface area contributed by atoms with E-state index in [1.807, 2.05) is 0 Å². The maximum atomic E-state index is 13.7. The van der Waals surface area contributed by atoms with Gasteiger partial charge in [-0.1, -0.05) is 23.2 Å². The zero-order valence-corrected chi connectivity index (χ0v) is 14.2. The second-order valence-electron chi connectivity index (χ2n) is 5.98. The molecule has 2 saturated heterocycles. The molecule has 0 bridgehead atoms. The largest absolute Gasteiger partial charge is 0.370 e. The van der Waals surface area contributed by atoms with Gasteiger partial charge < -0.3 is 15.0 Å². The van der Waals surface area contributed by atoms with Crippen LogP contribution < -0.4 is 5.32 Å². The van der Waals surface area contributed by atoms with Crippen LogP contribution in [0.1, 0.15) is 30.9 Å². The molecule has 2 fully saturated rings. The standard InChI is InChI=1S/C16H19Cl2FN2O2/c17-12-8-13(18)14(19)7-11(12)15-9-21(4-5-23-15)16(22)6-10-2-1-3-20-10/h7-8,10,15,20H,1-6,9H2. The molecule has 1 aromatic carbocycles. The first kappa shape index (κ1) is 17.0. The molecule has 1 N–H and O–H groups in total. The van der Waals surface area contributed by atoms with Crippen LogP contribution in [-0.2, 0) is 9.53 Å². The molecule has 4 nitrogen and oxygen atoms in total. The lowest BCUT2D eigenvalue weighted by atomic mass is 10.1.